The van der Waals surface area contributed by atoms with Crippen LogP contribution in [0.3, 0.4) is 0 Å². The van der Waals surface area contributed by atoms with Gasteiger partial charge in [0, 0.05) is 23.3 Å². The number of anilines is 1. The van der Waals surface area contributed by atoms with Crippen LogP contribution in [0.15, 0.2) is 66.4 Å². The second-order valence-electron chi connectivity index (χ2n) is 7.53. The second-order valence-corrected chi connectivity index (χ2v) is 7.53. The van der Waals surface area contributed by atoms with E-state index < -0.39 is 16.7 Å². The Morgan fingerprint density at radius 3 is 2.25 bits per heavy atom. The standard InChI is InChI=1S/C26H25N3O7/c1-16-9-11-19(29(32)33)15-20(16)27-26(31)21(13-17-7-5-6-8-22(17)34-2)28-25(30)18-10-12-23(35-3)24(14-18)36-4/h5-15H,1-4H3,(H,27,31)(H,28,30)/b21-13-. The molecule has 10 heteroatoms. The van der Waals surface area contributed by atoms with E-state index in [2.05, 4.69) is 10.6 Å². The van der Waals surface area contributed by atoms with Gasteiger partial charge in [-0.15, -0.1) is 0 Å². The van der Waals surface area contributed by atoms with Gasteiger partial charge in [-0.2, -0.15) is 0 Å². The third kappa shape index (κ3) is 5.98. The number of para-hydroxylation sites is 1. The van der Waals surface area contributed by atoms with E-state index in [1.54, 1.807) is 37.3 Å². The largest absolute Gasteiger partial charge is 0.496 e. The summed E-state index contributed by atoms with van der Waals surface area (Å²) in [5.41, 5.74) is 1.31. The number of methoxy groups -OCH3 is 3. The van der Waals surface area contributed by atoms with Crippen molar-refractivity contribution in [2.75, 3.05) is 26.6 Å². The molecule has 0 aromatic heterocycles. The number of amides is 2. The van der Waals surface area contributed by atoms with E-state index in [0.29, 0.717) is 28.4 Å². The predicted octanol–water partition coefficient (Wildman–Crippen LogP) is 4.34. The number of non-ortho nitro benzene ring substituents is 1. The van der Waals surface area contributed by atoms with Crippen LogP contribution >= 0.6 is 0 Å². The van der Waals surface area contributed by atoms with Crippen LogP contribution in [0.2, 0.25) is 0 Å². The van der Waals surface area contributed by atoms with Gasteiger partial charge in [0.2, 0.25) is 0 Å². The van der Waals surface area contributed by atoms with Crippen LogP contribution in [0, 0.1) is 17.0 Å². The van der Waals surface area contributed by atoms with Crippen molar-refractivity contribution in [3.05, 3.63) is 93.2 Å². The molecular weight excluding hydrogens is 466 g/mol. The summed E-state index contributed by atoms with van der Waals surface area (Å²) >= 11 is 0. The van der Waals surface area contributed by atoms with Gasteiger partial charge in [0.15, 0.2) is 11.5 Å². The van der Waals surface area contributed by atoms with E-state index in [1.165, 1.54) is 57.7 Å². The number of carbonyl (C=O) groups is 2. The summed E-state index contributed by atoms with van der Waals surface area (Å²) in [6.45, 7) is 1.70. The average Bonchev–Trinajstić information content (AvgIpc) is 2.89. The van der Waals surface area contributed by atoms with Gasteiger partial charge in [-0.3, -0.25) is 19.7 Å². The molecule has 0 aliphatic carbocycles. The maximum absolute atomic E-state index is 13.3. The highest BCUT2D eigenvalue weighted by molar-refractivity contribution is 6.11. The maximum atomic E-state index is 13.3. The number of nitro groups is 1. The number of hydrogen-bond acceptors (Lipinski definition) is 7. The number of hydrogen-bond donors (Lipinski definition) is 2. The van der Waals surface area contributed by atoms with Crippen molar-refractivity contribution < 1.29 is 28.7 Å². The number of carbonyl (C=O) groups excluding carboxylic acids is 2. The van der Waals surface area contributed by atoms with Crippen molar-refractivity contribution >= 4 is 29.3 Å². The Balaban J connectivity index is 1.99. The van der Waals surface area contributed by atoms with Gasteiger partial charge in [0.1, 0.15) is 11.4 Å². The normalized spacial score (nSPS) is 10.8. The van der Waals surface area contributed by atoms with Crippen LogP contribution < -0.4 is 24.8 Å². The third-order valence-corrected chi connectivity index (χ3v) is 5.26. The van der Waals surface area contributed by atoms with E-state index in [-0.39, 0.29) is 22.6 Å². The van der Waals surface area contributed by atoms with Gasteiger partial charge in [-0.05, 0) is 42.8 Å². The molecule has 10 nitrogen and oxygen atoms in total. The van der Waals surface area contributed by atoms with Crippen LogP contribution in [0.1, 0.15) is 21.5 Å². The predicted molar refractivity (Wildman–Crippen MR) is 134 cm³/mol. The maximum Gasteiger partial charge on any atom is 0.272 e. The van der Waals surface area contributed by atoms with Crippen LogP contribution in [0.25, 0.3) is 6.08 Å². The number of rotatable bonds is 9. The third-order valence-electron chi connectivity index (χ3n) is 5.26. The molecule has 3 aromatic rings. The van der Waals surface area contributed by atoms with Crippen LogP contribution in [0.4, 0.5) is 11.4 Å². The first kappa shape index (κ1) is 25.8. The van der Waals surface area contributed by atoms with Gasteiger partial charge in [0.25, 0.3) is 17.5 Å². The quantitative estimate of drug-likeness (QED) is 0.259. The monoisotopic (exact) mass is 491 g/mol. The molecule has 0 radical (unpaired) electrons. The lowest BCUT2D eigenvalue weighted by atomic mass is 10.1. The zero-order chi connectivity index (χ0) is 26.2. The Kier molecular flexibility index (Phi) is 8.24. The summed E-state index contributed by atoms with van der Waals surface area (Å²) in [6.07, 6.45) is 1.46. The molecule has 0 fully saturated rings. The SMILES string of the molecule is COc1ccccc1/C=C(\NC(=O)c1ccc(OC)c(OC)c1)C(=O)Nc1cc([N+](=O)[O-])ccc1C. The lowest BCUT2D eigenvalue weighted by Crippen LogP contribution is -2.31. The van der Waals surface area contributed by atoms with Crippen molar-refractivity contribution in [1.29, 1.82) is 0 Å². The highest BCUT2D eigenvalue weighted by Gasteiger charge is 2.19. The molecule has 2 N–H and O–H groups in total. The highest BCUT2D eigenvalue weighted by atomic mass is 16.6. The topological polar surface area (TPSA) is 129 Å². The minimum atomic E-state index is -0.682. The Bertz CT molecular complexity index is 1330. The molecule has 3 rings (SSSR count). The zero-order valence-corrected chi connectivity index (χ0v) is 20.2. The number of aryl methyl sites for hydroxylation is 1. The molecule has 3 aromatic carbocycles. The summed E-state index contributed by atoms with van der Waals surface area (Å²) in [7, 11) is 4.41. The Morgan fingerprint density at radius 1 is 0.889 bits per heavy atom. The first-order valence-electron chi connectivity index (χ1n) is 10.7. The van der Waals surface area contributed by atoms with Crippen molar-refractivity contribution in [1.82, 2.24) is 5.32 Å². The summed E-state index contributed by atoms with van der Waals surface area (Å²) in [4.78, 5) is 37.0. The van der Waals surface area contributed by atoms with Crippen LogP contribution in [0.5, 0.6) is 17.2 Å². The molecule has 0 saturated carbocycles. The molecule has 0 spiro atoms. The molecule has 0 unspecified atom stereocenters. The summed E-state index contributed by atoms with van der Waals surface area (Å²) in [5.74, 6) is 0.00542. The molecular formula is C26H25N3O7. The minimum absolute atomic E-state index is 0.106. The van der Waals surface area contributed by atoms with Crippen molar-refractivity contribution in [2.24, 2.45) is 0 Å². The summed E-state index contributed by atoms with van der Waals surface area (Å²) in [6, 6.07) is 15.7. The van der Waals surface area contributed by atoms with E-state index in [4.69, 9.17) is 14.2 Å². The molecule has 0 aliphatic rings. The van der Waals surface area contributed by atoms with Gasteiger partial charge in [-0.25, -0.2) is 0 Å². The Hall–Kier alpha value is -4.86. The lowest BCUT2D eigenvalue weighted by molar-refractivity contribution is -0.384. The van der Waals surface area contributed by atoms with Gasteiger partial charge < -0.3 is 24.8 Å². The molecule has 0 heterocycles. The molecule has 36 heavy (non-hydrogen) atoms. The van der Waals surface area contributed by atoms with E-state index in [0.717, 1.165) is 0 Å². The molecule has 0 saturated heterocycles. The number of nitrogens with zero attached hydrogens (tertiary/aromatic N) is 1. The fraction of sp³-hybridized carbons (Fsp3) is 0.154. The molecule has 0 bridgehead atoms. The van der Waals surface area contributed by atoms with Crippen molar-refractivity contribution in [2.45, 2.75) is 6.92 Å². The van der Waals surface area contributed by atoms with Gasteiger partial charge >= 0.3 is 0 Å². The smallest absolute Gasteiger partial charge is 0.272 e. The molecule has 186 valence electrons. The molecule has 0 aliphatic heterocycles. The molecule has 2 amide bonds. The van der Waals surface area contributed by atoms with Crippen LogP contribution in [-0.2, 0) is 4.79 Å². The van der Waals surface area contributed by atoms with Crippen LogP contribution in [-0.4, -0.2) is 38.1 Å². The number of nitrogens with one attached hydrogen (secondary N) is 2. The van der Waals surface area contributed by atoms with E-state index in [9.17, 15) is 19.7 Å². The van der Waals surface area contributed by atoms with E-state index >= 15 is 0 Å². The van der Waals surface area contributed by atoms with Crippen molar-refractivity contribution in [3.63, 3.8) is 0 Å². The number of ether oxygens (including phenoxy) is 3. The molecule has 0 atom stereocenters. The first-order chi connectivity index (χ1) is 17.3. The highest BCUT2D eigenvalue weighted by Crippen LogP contribution is 2.28. The Morgan fingerprint density at radius 2 is 1.58 bits per heavy atom. The summed E-state index contributed by atoms with van der Waals surface area (Å²) in [5, 5.41) is 16.5. The van der Waals surface area contributed by atoms with Gasteiger partial charge in [0.05, 0.1) is 31.9 Å². The zero-order valence-electron chi connectivity index (χ0n) is 20.2. The van der Waals surface area contributed by atoms with Crippen molar-refractivity contribution in [3.8, 4) is 17.2 Å². The number of benzene rings is 3. The fourth-order valence-corrected chi connectivity index (χ4v) is 3.32. The Labute approximate surface area is 207 Å². The van der Waals surface area contributed by atoms with E-state index in [1.807, 2.05) is 0 Å². The number of nitro benzene ring substituents is 1. The first-order valence-corrected chi connectivity index (χ1v) is 10.7. The second kappa shape index (κ2) is 11.5. The lowest BCUT2D eigenvalue weighted by Gasteiger charge is -2.14. The minimum Gasteiger partial charge on any atom is -0.496 e. The fourth-order valence-electron chi connectivity index (χ4n) is 3.32. The van der Waals surface area contributed by atoms with Gasteiger partial charge in [-0.1, -0.05) is 24.3 Å². The summed E-state index contributed by atoms with van der Waals surface area (Å²) < 4.78 is 15.8. The average molecular weight is 492 g/mol.